The summed E-state index contributed by atoms with van der Waals surface area (Å²) in [4.78, 5) is 2.65. The summed E-state index contributed by atoms with van der Waals surface area (Å²) in [5.74, 6) is 1.33. The third kappa shape index (κ3) is 6.12. The van der Waals surface area contributed by atoms with Crippen LogP contribution in [0.4, 0.5) is 0 Å². The maximum atomic E-state index is 3.65. The standard InChI is InChI=1S/C14H30N2S/c1-4-14(2)13-16(11-9-15-14)10-7-5-6-8-12-17-3/h15H,4-13H2,1-3H3. The van der Waals surface area contributed by atoms with Crippen molar-refractivity contribution in [2.75, 3.05) is 38.2 Å². The van der Waals surface area contributed by atoms with Gasteiger partial charge >= 0.3 is 0 Å². The van der Waals surface area contributed by atoms with Gasteiger partial charge in [-0.3, -0.25) is 0 Å². The minimum absolute atomic E-state index is 0.358. The van der Waals surface area contributed by atoms with E-state index in [2.05, 4.69) is 30.3 Å². The largest absolute Gasteiger partial charge is 0.309 e. The zero-order valence-corrected chi connectivity index (χ0v) is 12.7. The minimum Gasteiger partial charge on any atom is -0.309 e. The number of piperazine rings is 1. The molecule has 1 aliphatic rings. The van der Waals surface area contributed by atoms with Crippen LogP contribution in [0.25, 0.3) is 0 Å². The molecule has 0 amide bonds. The normalized spacial score (nSPS) is 26.3. The number of nitrogens with one attached hydrogen (secondary N) is 1. The average molecular weight is 258 g/mol. The molecule has 0 aromatic carbocycles. The summed E-state index contributed by atoms with van der Waals surface area (Å²) >= 11 is 1.97. The van der Waals surface area contributed by atoms with E-state index >= 15 is 0 Å². The maximum absolute atomic E-state index is 3.65. The molecule has 1 saturated heterocycles. The molecule has 0 aromatic heterocycles. The van der Waals surface area contributed by atoms with E-state index in [-0.39, 0.29) is 0 Å². The van der Waals surface area contributed by atoms with Crippen molar-refractivity contribution in [2.24, 2.45) is 0 Å². The fraction of sp³-hybridized carbons (Fsp3) is 1.00. The molecule has 3 heteroatoms. The summed E-state index contributed by atoms with van der Waals surface area (Å²) in [6.45, 7) is 9.58. The molecule has 0 bridgehead atoms. The molecule has 0 saturated carbocycles. The molecular weight excluding hydrogens is 228 g/mol. The monoisotopic (exact) mass is 258 g/mol. The van der Waals surface area contributed by atoms with Crippen LogP contribution in [-0.4, -0.2) is 48.6 Å². The van der Waals surface area contributed by atoms with Gasteiger partial charge in [0.2, 0.25) is 0 Å². The van der Waals surface area contributed by atoms with Gasteiger partial charge in [-0.1, -0.05) is 19.8 Å². The lowest BCUT2D eigenvalue weighted by Gasteiger charge is -2.41. The molecule has 1 N–H and O–H groups in total. The van der Waals surface area contributed by atoms with Gasteiger partial charge in [-0.05, 0) is 44.7 Å². The molecule has 0 radical (unpaired) electrons. The number of hydrogen-bond acceptors (Lipinski definition) is 3. The van der Waals surface area contributed by atoms with E-state index in [1.807, 2.05) is 11.8 Å². The van der Waals surface area contributed by atoms with Crippen molar-refractivity contribution >= 4 is 11.8 Å². The van der Waals surface area contributed by atoms with Crippen molar-refractivity contribution in [3.05, 3.63) is 0 Å². The Morgan fingerprint density at radius 2 is 2.00 bits per heavy atom. The van der Waals surface area contributed by atoms with Crippen LogP contribution in [0, 0.1) is 0 Å². The SMILES string of the molecule is CCC1(C)CN(CCCCCCSC)CCN1. The lowest BCUT2D eigenvalue weighted by atomic mass is 9.96. The Hall–Kier alpha value is 0.270. The van der Waals surface area contributed by atoms with E-state index in [0.29, 0.717) is 5.54 Å². The second kappa shape index (κ2) is 8.39. The number of rotatable bonds is 8. The molecule has 2 nitrogen and oxygen atoms in total. The van der Waals surface area contributed by atoms with Crippen molar-refractivity contribution in [1.82, 2.24) is 10.2 Å². The molecule has 0 spiro atoms. The Bertz CT molecular complexity index is 199. The van der Waals surface area contributed by atoms with E-state index in [1.54, 1.807) is 0 Å². The zero-order chi connectivity index (χ0) is 12.6. The topological polar surface area (TPSA) is 15.3 Å². The van der Waals surface area contributed by atoms with Crippen molar-refractivity contribution in [1.29, 1.82) is 0 Å². The predicted octanol–water partition coefficient (Wildman–Crippen LogP) is 2.98. The van der Waals surface area contributed by atoms with Gasteiger partial charge in [0.25, 0.3) is 0 Å². The summed E-state index contributed by atoms with van der Waals surface area (Å²) in [6, 6.07) is 0. The van der Waals surface area contributed by atoms with E-state index in [1.165, 1.54) is 57.5 Å². The Balaban J connectivity index is 2.06. The Labute approximate surface area is 112 Å². The Morgan fingerprint density at radius 1 is 1.24 bits per heavy atom. The second-order valence-electron chi connectivity index (χ2n) is 5.52. The van der Waals surface area contributed by atoms with E-state index < -0.39 is 0 Å². The lowest BCUT2D eigenvalue weighted by Crippen LogP contribution is -2.58. The van der Waals surface area contributed by atoms with Crippen molar-refractivity contribution < 1.29 is 0 Å². The van der Waals surface area contributed by atoms with Gasteiger partial charge in [0, 0.05) is 25.2 Å². The molecule has 1 aliphatic heterocycles. The first-order valence-electron chi connectivity index (χ1n) is 7.16. The van der Waals surface area contributed by atoms with Gasteiger partial charge in [-0.25, -0.2) is 0 Å². The molecule has 17 heavy (non-hydrogen) atoms. The summed E-state index contributed by atoms with van der Waals surface area (Å²) in [7, 11) is 0. The summed E-state index contributed by atoms with van der Waals surface area (Å²) in [5, 5.41) is 3.65. The van der Waals surface area contributed by atoms with Gasteiger partial charge in [0.1, 0.15) is 0 Å². The van der Waals surface area contributed by atoms with Crippen molar-refractivity contribution in [2.45, 2.75) is 51.5 Å². The Morgan fingerprint density at radius 3 is 2.71 bits per heavy atom. The molecule has 1 unspecified atom stereocenters. The van der Waals surface area contributed by atoms with Gasteiger partial charge in [0.15, 0.2) is 0 Å². The van der Waals surface area contributed by atoms with Crippen LogP contribution in [0.1, 0.15) is 46.0 Å². The first-order chi connectivity index (χ1) is 8.20. The van der Waals surface area contributed by atoms with E-state index in [9.17, 15) is 0 Å². The van der Waals surface area contributed by atoms with Crippen molar-refractivity contribution in [3.8, 4) is 0 Å². The number of hydrogen-bond donors (Lipinski definition) is 1. The number of unbranched alkanes of at least 4 members (excludes halogenated alkanes) is 3. The van der Waals surface area contributed by atoms with Gasteiger partial charge in [-0.15, -0.1) is 0 Å². The first-order valence-corrected chi connectivity index (χ1v) is 8.56. The van der Waals surface area contributed by atoms with E-state index in [0.717, 1.165) is 6.54 Å². The Kier molecular flexibility index (Phi) is 7.56. The molecule has 1 fully saturated rings. The van der Waals surface area contributed by atoms with E-state index in [4.69, 9.17) is 0 Å². The lowest BCUT2D eigenvalue weighted by molar-refractivity contribution is 0.138. The fourth-order valence-corrected chi connectivity index (χ4v) is 3.00. The summed E-state index contributed by atoms with van der Waals surface area (Å²) < 4.78 is 0. The van der Waals surface area contributed by atoms with Gasteiger partial charge in [-0.2, -0.15) is 11.8 Å². The highest BCUT2D eigenvalue weighted by Gasteiger charge is 2.27. The van der Waals surface area contributed by atoms with Crippen LogP contribution < -0.4 is 5.32 Å². The average Bonchev–Trinajstić information content (AvgIpc) is 2.34. The van der Waals surface area contributed by atoms with Crippen LogP contribution in [-0.2, 0) is 0 Å². The summed E-state index contributed by atoms with van der Waals surface area (Å²) in [5.41, 5.74) is 0.358. The van der Waals surface area contributed by atoms with Crippen LogP contribution in [0.5, 0.6) is 0 Å². The van der Waals surface area contributed by atoms with Crippen LogP contribution in [0.2, 0.25) is 0 Å². The molecule has 1 heterocycles. The van der Waals surface area contributed by atoms with Crippen LogP contribution in [0.15, 0.2) is 0 Å². The number of nitrogens with zero attached hydrogens (tertiary/aromatic N) is 1. The van der Waals surface area contributed by atoms with Gasteiger partial charge < -0.3 is 10.2 Å². The smallest absolute Gasteiger partial charge is 0.0278 e. The highest BCUT2D eigenvalue weighted by Crippen LogP contribution is 2.15. The summed E-state index contributed by atoms with van der Waals surface area (Å²) in [6.07, 6.45) is 9.04. The molecular formula is C14H30N2S. The molecule has 1 rings (SSSR count). The third-order valence-electron chi connectivity index (χ3n) is 3.91. The minimum atomic E-state index is 0.358. The van der Waals surface area contributed by atoms with Crippen LogP contribution >= 0.6 is 11.8 Å². The fourth-order valence-electron chi connectivity index (χ4n) is 2.51. The number of thioether (sulfide) groups is 1. The predicted molar refractivity (Wildman–Crippen MR) is 80.0 cm³/mol. The molecule has 0 aliphatic carbocycles. The quantitative estimate of drug-likeness (QED) is 0.674. The zero-order valence-electron chi connectivity index (χ0n) is 11.9. The first kappa shape index (κ1) is 15.3. The maximum Gasteiger partial charge on any atom is 0.0278 e. The van der Waals surface area contributed by atoms with Crippen LogP contribution in [0.3, 0.4) is 0 Å². The highest BCUT2D eigenvalue weighted by molar-refractivity contribution is 7.98. The van der Waals surface area contributed by atoms with Gasteiger partial charge in [0.05, 0.1) is 0 Å². The third-order valence-corrected chi connectivity index (χ3v) is 4.60. The molecule has 1 atom stereocenters. The molecule has 102 valence electrons. The van der Waals surface area contributed by atoms with Crippen molar-refractivity contribution in [3.63, 3.8) is 0 Å². The highest BCUT2D eigenvalue weighted by atomic mass is 32.2. The second-order valence-corrected chi connectivity index (χ2v) is 6.51. The molecule has 0 aromatic rings.